The fraction of sp³-hybridized carbons (Fsp3) is 0.400. The van der Waals surface area contributed by atoms with Gasteiger partial charge in [-0.3, -0.25) is 14.3 Å². The molecule has 2 N–H and O–H groups in total. The van der Waals surface area contributed by atoms with E-state index in [4.69, 9.17) is 4.74 Å². The van der Waals surface area contributed by atoms with Gasteiger partial charge in [-0.05, 0) is 31.3 Å². The van der Waals surface area contributed by atoms with E-state index in [-0.39, 0.29) is 11.4 Å². The van der Waals surface area contributed by atoms with Crippen molar-refractivity contribution in [2.24, 2.45) is 0 Å². The summed E-state index contributed by atoms with van der Waals surface area (Å²) in [6, 6.07) is 5.22. The Bertz CT molecular complexity index is 786. The highest BCUT2D eigenvalue weighted by atomic mass is 16.5. The first-order valence-corrected chi connectivity index (χ1v) is 7.29. The predicted molar refractivity (Wildman–Crippen MR) is 77.0 cm³/mol. The highest BCUT2D eigenvalue weighted by Crippen LogP contribution is 2.39. The van der Waals surface area contributed by atoms with E-state index in [1.165, 1.54) is 0 Å². The Labute approximate surface area is 125 Å². The average Bonchev–Trinajstić information content (AvgIpc) is 2.94. The molecule has 0 unspecified atom stereocenters. The van der Waals surface area contributed by atoms with Gasteiger partial charge in [0.15, 0.2) is 11.6 Å². The number of fused-ring (bicyclic) bond motifs is 1. The van der Waals surface area contributed by atoms with Crippen LogP contribution < -0.4 is 15.8 Å². The number of Topliss-reactive ketones (excluding diaryl/α,β-unsaturated/α-hetero) is 1. The number of hydrogen-bond donors (Lipinski definition) is 2. The maximum absolute atomic E-state index is 12.5. The molecule has 7 nitrogen and oxygen atoms in total. The summed E-state index contributed by atoms with van der Waals surface area (Å²) in [5, 5.41) is 6.92. The largest absolute Gasteiger partial charge is 0.486 e. The van der Waals surface area contributed by atoms with Crippen LogP contribution in [0.3, 0.4) is 0 Å². The van der Waals surface area contributed by atoms with Crippen LogP contribution in [-0.2, 0) is 0 Å². The Balaban J connectivity index is 1.71. The Morgan fingerprint density at radius 3 is 2.73 bits per heavy atom. The van der Waals surface area contributed by atoms with E-state index in [9.17, 15) is 9.59 Å². The number of ketones is 1. The van der Waals surface area contributed by atoms with Crippen molar-refractivity contribution in [1.29, 1.82) is 0 Å². The molecule has 0 aliphatic carbocycles. The van der Waals surface area contributed by atoms with Crippen molar-refractivity contribution in [3.05, 3.63) is 34.3 Å². The number of carbonyl (C=O) groups is 1. The standard InChI is InChI=1S/C15H15N3O4/c19-11-8-15(3-5-16-6-4-15)21-12-2-1-9(7-10(11)12)13-17-14(20)22-18-13/h1-2,7,16H,3-6,8H2,(H,17,18,20). The van der Waals surface area contributed by atoms with Crippen LogP contribution in [0.25, 0.3) is 11.4 Å². The average molecular weight is 301 g/mol. The van der Waals surface area contributed by atoms with Crippen LogP contribution >= 0.6 is 0 Å². The van der Waals surface area contributed by atoms with Gasteiger partial charge in [0.05, 0.1) is 12.0 Å². The van der Waals surface area contributed by atoms with Gasteiger partial charge in [-0.1, -0.05) is 5.16 Å². The Morgan fingerprint density at radius 1 is 1.18 bits per heavy atom. The third kappa shape index (κ3) is 2.14. The predicted octanol–water partition coefficient (Wildman–Crippen LogP) is 1.12. The number of aromatic amines is 1. The van der Waals surface area contributed by atoms with E-state index < -0.39 is 5.76 Å². The molecule has 1 spiro atoms. The lowest BCUT2D eigenvalue weighted by Gasteiger charge is -2.40. The molecule has 3 heterocycles. The van der Waals surface area contributed by atoms with Gasteiger partial charge in [-0.15, -0.1) is 0 Å². The third-order valence-electron chi connectivity index (χ3n) is 4.32. The van der Waals surface area contributed by atoms with Crippen LogP contribution in [0.4, 0.5) is 0 Å². The summed E-state index contributed by atoms with van der Waals surface area (Å²) in [7, 11) is 0. The number of hydrogen-bond acceptors (Lipinski definition) is 6. The van der Waals surface area contributed by atoms with Crippen molar-refractivity contribution in [3.8, 4) is 17.1 Å². The summed E-state index contributed by atoms with van der Waals surface area (Å²) < 4.78 is 10.6. The molecule has 1 saturated heterocycles. The fourth-order valence-corrected chi connectivity index (χ4v) is 3.16. The topological polar surface area (TPSA) is 97.2 Å². The molecule has 22 heavy (non-hydrogen) atoms. The number of aromatic nitrogens is 2. The highest BCUT2D eigenvalue weighted by molar-refractivity contribution is 6.01. The molecule has 114 valence electrons. The molecule has 0 bridgehead atoms. The summed E-state index contributed by atoms with van der Waals surface area (Å²) in [6.07, 6.45) is 2.05. The number of piperidine rings is 1. The molecule has 1 aromatic carbocycles. The Hall–Kier alpha value is -2.41. The number of H-pyrrole nitrogens is 1. The normalized spacial score (nSPS) is 19.7. The van der Waals surface area contributed by atoms with E-state index in [0.717, 1.165) is 25.9 Å². The molecule has 0 atom stereocenters. The van der Waals surface area contributed by atoms with E-state index in [0.29, 0.717) is 29.1 Å². The second-order valence-corrected chi connectivity index (χ2v) is 5.79. The van der Waals surface area contributed by atoms with Crippen molar-refractivity contribution < 1.29 is 14.1 Å². The molecule has 2 aromatic rings. The van der Waals surface area contributed by atoms with E-state index in [1.54, 1.807) is 18.2 Å². The van der Waals surface area contributed by atoms with Gasteiger partial charge in [-0.2, -0.15) is 0 Å². The second-order valence-electron chi connectivity index (χ2n) is 5.79. The molecule has 0 amide bonds. The van der Waals surface area contributed by atoms with Crippen LogP contribution in [0, 0.1) is 0 Å². The molecule has 7 heteroatoms. The lowest BCUT2D eigenvalue weighted by molar-refractivity contribution is 0.0188. The monoisotopic (exact) mass is 301 g/mol. The zero-order valence-electron chi connectivity index (χ0n) is 11.8. The van der Waals surface area contributed by atoms with Crippen molar-refractivity contribution in [3.63, 3.8) is 0 Å². The smallest absolute Gasteiger partial charge is 0.439 e. The third-order valence-corrected chi connectivity index (χ3v) is 4.32. The maximum Gasteiger partial charge on any atom is 0.439 e. The van der Waals surface area contributed by atoms with Crippen molar-refractivity contribution in [2.75, 3.05) is 13.1 Å². The molecule has 0 radical (unpaired) electrons. The van der Waals surface area contributed by atoms with Crippen LogP contribution in [0.5, 0.6) is 5.75 Å². The molecular formula is C15H15N3O4. The highest BCUT2D eigenvalue weighted by Gasteiger charge is 2.41. The first kappa shape index (κ1) is 13.3. The fourth-order valence-electron chi connectivity index (χ4n) is 3.16. The molecular weight excluding hydrogens is 286 g/mol. The molecule has 1 fully saturated rings. The molecule has 2 aliphatic rings. The van der Waals surface area contributed by atoms with Crippen molar-refractivity contribution in [1.82, 2.24) is 15.5 Å². The van der Waals surface area contributed by atoms with Gasteiger partial charge in [0.2, 0.25) is 0 Å². The number of nitrogens with one attached hydrogen (secondary N) is 2. The van der Waals surface area contributed by atoms with Gasteiger partial charge >= 0.3 is 5.76 Å². The van der Waals surface area contributed by atoms with E-state index in [2.05, 4.69) is 20.0 Å². The Kier molecular flexibility index (Phi) is 2.90. The number of ether oxygens (including phenoxy) is 1. The van der Waals surface area contributed by atoms with Crippen molar-refractivity contribution in [2.45, 2.75) is 24.9 Å². The molecule has 2 aliphatic heterocycles. The van der Waals surface area contributed by atoms with Crippen LogP contribution in [0.2, 0.25) is 0 Å². The van der Waals surface area contributed by atoms with Gasteiger partial charge in [0, 0.05) is 18.4 Å². The summed E-state index contributed by atoms with van der Waals surface area (Å²) in [5.74, 6) is 0.357. The lowest BCUT2D eigenvalue weighted by atomic mass is 9.83. The second kappa shape index (κ2) is 4.81. The SMILES string of the molecule is O=C1CC2(CCNCC2)Oc2ccc(-c3noc(=O)[nH]3)cc21. The first-order valence-electron chi connectivity index (χ1n) is 7.29. The van der Waals surface area contributed by atoms with Crippen LogP contribution in [-0.4, -0.2) is 34.6 Å². The number of carbonyl (C=O) groups excluding carboxylic acids is 1. The number of rotatable bonds is 1. The van der Waals surface area contributed by atoms with Gasteiger partial charge < -0.3 is 10.1 Å². The molecule has 1 aromatic heterocycles. The van der Waals surface area contributed by atoms with Gasteiger partial charge in [0.1, 0.15) is 11.4 Å². The summed E-state index contributed by atoms with van der Waals surface area (Å²) in [4.78, 5) is 26.0. The Morgan fingerprint density at radius 2 is 2.00 bits per heavy atom. The van der Waals surface area contributed by atoms with Gasteiger partial charge in [-0.25, -0.2) is 4.79 Å². The van der Waals surface area contributed by atoms with Crippen LogP contribution in [0.15, 0.2) is 27.5 Å². The number of benzene rings is 1. The maximum atomic E-state index is 12.5. The summed E-state index contributed by atoms with van der Waals surface area (Å²) in [6.45, 7) is 1.72. The minimum Gasteiger partial charge on any atom is -0.486 e. The lowest BCUT2D eigenvalue weighted by Crippen LogP contribution is -2.49. The molecule has 4 rings (SSSR count). The first-order chi connectivity index (χ1) is 10.7. The quantitative estimate of drug-likeness (QED) is 0.819. The summed E-state index contributed by atoms with van der Waals surface area (Å²) in [5.41, 5.74) is 0.785. The van der Waals surface area contributed by atoms with E-state index in [1.807, 2.05) is 0 Å². The minimum atomic E-state index is -0.621. The van der Waals surface area contributed by atoms with Crippen molar-refractivity contribution >= 4 is 5.78 Å². The summed E-state index contributed by atoms with van der Waals surface area (Å²) >= 11 is 0. The number of nitrogens with zero attached hydrogens (tertiary/aromatic N) is 1. The van der Waals surface area contributed by atoms with Gasteiger partial charge in [0.25, 0.3) is 0 Å². The zero-order chi connectivity index (χ0) is 15.2. The molecule has 0 saturated carbocycles. The minimum absolute atomic E-state index is 0.0656. The van der Waals surface area contributed by atoms with Crippen LogP contribution in [0.1, 0.15) is 29.6 Å². The zero-order valence-corrected chi connectivity index (χ0v) is 11.8. The van der Waals surface area contributed by atoms with E-state index >= 15 is 0 Å².